The van der Waals surface area contributed by atoms with Gasteiger partial charge >= 0.3 is 20.9 Å². The van der Waals surface area contributed by atoms with E-state index in [-0.39, 0.29) is 0 Å². The third kappa shape index (κ3) is 6.00. The Balaban J connectivity index is 4.74. The first-order chi connectivity index (χ1) is 6.54. The summed E-state index contributed by atoms with van der Waals surface area (Å²) in [7, 11) is -2.67. The summed E-state index contributed by atoms with van der Waals surface area (Å²) >= 11 is 0. The zero-order valence-electron chi connectivity index (χ0n) is 8.00. The maximum atomic E-state index is 12.0. The molecule has 0 amide bonds. The molecule has 0 radical (unpaired) electrons. The smallest absolute Gasteiger partial charge is 0.391 e. The molecule has 0 saturated heterocycles. The zero-order chi connectivity index (χ0) is 12.3. The van der Waals surface area contributed by atoms with Crippen LogP contribution in [0.4, 0.5) is 26.3 Å². The van der Waals surface area contributed by atoms with Gasteiger partial charge in [0.1, 0.15) is 0 Å². The highest BCUT2D eigenvalue weighted by atomic mass is 28.4. The predicted molar refractivity (Wildman–Crippen MR) is 41.5 cm³/mol. The third-order valence-electron chi connectivity index (χ3n) is 1.68. The quantitative estimate of drug-likeness (QED) is 0.569. The number of hydrogen-bond donors (Lipinski definition) is 0. The molecule has 0 saturated carbocycles. The Morgan fingerprint density at radius 3 is 1.20 bits per heavy atom. The van der Waals surface area contributed by atoms with Crippen LogP contribution < -0.4 is 0 Å². The third-order valence-corrected chi connectivity index (χ3v) is 5.05. The van der Waals surface area contributed by atoms with E-state index in [9.17, 15) is 26.3 Å². The minimum atomic E-state index is -4.73. The highest BCUT2D eigenvalue weighted by Crippen LogP contribution is 2.36. The average Bonchev–Trinajstić information content (AvgIpc) is 1.98. The van der Waals surface area contributed by atoms with Gasteiger partial charge in [-0.2, -0.15) is 26.3 Å². The van der Waals surface area contributed by atoms with Gasteiger partial charge in [-0.1, -0.05) is 0 Å². The molecule has 0 aromatic rings. The largest absolute Gasteiger partial charge is 0.397 e. The lowest BCUT2D eigenvalue weighted by Crippen LogP contribution is -2.47. The van der Waals surface area contributed by atoms with Crippen molar-refractivity contribution in [3.63, 3.8) is 0 Å². The lowest BCUT2D eigenvalue weighted by molar-refractivity contribution is -0.128. The van der Waals surface area contributed by atoms with Gasteiger partial charge in [-0.3, -0.25) is 0 Å². The molecule has 92 valence electrons. The maximum Gasteiger partial charge on any atom is 0.391 e. The fourth-order valence-corrected chi connectivity index (χ4v) is 3.14. The Morgan fingerprint density at radius 1 is 0.800 bits per heavy atom. The normalized spacial score (nSPS) is 14.4. The fraction of sp³-hybridized carbons (Fsp3) is 1.00. The van der Waals surface area contributed by atoms with Crippen LogP contribution in [0, 0.1) is 0 Å². The van der Waals surface area contributed by atoms with Gasteiger partial charge in [0.25, 0.3) is 0 Å². The standard InChI is InChI=1S/C6H10F6O2Si/c1-13-15(14-2,3-5(7,8)9)4-6(10,11)12/h3-4H2,1-2H3. The second kappa shape index (κ2) is 4.70. The summed E-state index contributed by atoms with van der Waals surface area (Å²) in [6, 6.07) is -3.35. The second-order valence-electron chi connectivity index (χ2n) is 2.90. The average molecular weight is 256 g/mol. The van der Waals surface area contributed by atoms with Crippen molar-refractivity contribution in [2.24, 2.45) is 0 Å². The molecule has 2 nitrogen and oxygen atoms in total. The molecule has 0 aliphatic heterocycles. The van der Waals surface area contributed by atoms with E-state index in [0.717, 1.165) is 14.2 Å². The molecule has 0 N–H and O–H groups in total. The first-order valence-electron chi connectivity index (χ1n) is 3.77. The van der Waals surface area contributed by atoms with Gasteiger partial charge in [0.15, 0.2) is 0 Å². The van der Waals surface area contributed by atoms with Gasteiger partial charge < -0.3 is 8.85 Å². The van der Waals surface area contributed by atoms with Gasteiger partial charge in [0.05, 0.1) is 12.1 Å². The van der Waals surface area contributed by atoms with Crippen LogP contribution in [0.15, 0.2) is 0 Å². The SMILES string of the molecule is CO[Si](CC(F)(F)F)(CC(F)(F)F)OC. The summed E-state index contributed by atoms with van der Waals surface area (Å²) in [5.74, 6) is 0. The van der Waals surface area contributed by atoms with Crippen molar-refractivity contribution in [1.29, 1.82) is 0 Å². The summed E-state index contributed by atoms with van der Waals surface area (Å²) in [4.78, 5) is 0. The van der Waals surface area contributed by atoms with Crippen LogP contribution in [0.3, 0.4) is 0 Å². The maximum absolute atomic E-state index is 12.0. The molecule has 0 heterocycles. The Kier molecular flexibility index (Phi) is 4.61. The summed E-state index contributed by atoms with van der Waals surface area (Å²) in [5, 5.41) is 0. The van der Waals surface area contributed by atoms with Crippen molar-refractivity contribution in [2.75, 3.05) is 14.2 Å². The van der Waals surface area contributed by atoms with Crippen molar-refractivity contribution in [3.8, 4) is 0 Å². The molecule has 0 fully saturated rings. The first-order valence-corrected chi connectivity index (χ1v) is 6.00. The Hall–Kier alpha value is -0.283. The summed E-state index contributed by atoms with van der Waals surface area (Å²) in [5.41, 5.74) is 0. The second-order valence-corrected chi connectivity index (χ2v) is 6.25. The van der Waals surface area contributed by atoms with E-state index < -0.39 is 33.0 Å². The molecule has 0 aliphatic rings. The number of alkyl halides is 6. The summed E-state index contributed by atoms with van der Waals surface area (Å²) in [6.45, 7) is 0. The molecule has 0 spiro atoms. The Bertz CT molecular complexity index is 179. The molecule has 15 heavy (non-hydrogen) atoms. The van der Waals surface area contributed by atoms with Crippen LogP contribution in [-0.4, -0.2) is 35.1 Å². The molecule has 0 atom stereocenters. The monoisotopic (exact) mass is 256 g/mol. The summed E-state index contributed by atoms with van der Waals surface area (Å²) in [6.07, 6.45) is -9.47. The number of hydrogen-bond acceptors (Lipinski definition) is 2. The van der Waals surface area contributed by atoms with E-state index in [4.69, 9.17) is 0 Å². The Labute approximate surface area is 83.4 Å². The summed E-state index contributed by atoms with van der Waals surface area (Å²) < 4.78 is 80.7. The van der Waals surface area contributed by atoms with Gasteiger partial charge in [0, 0.05) is 14.2 Å². The van der Waals surface area contributed by atoms with Crippen molar-refractivity contribution < 1.29 is 35.2 Å². The molecule has 0 aromatic heterocycles. The highest BCUT2D eigenvalue weighted by Gasteiger charge is 2.53. The molecular formula is C6H10F6O2Si. The van der Waals surface area contributed by atoms with Crippen LogP contribution in [0.25, 0.3) is 0 Å². The van der Waals surface area contributed by atoms with E-state index in [1.807, 2.05) is 0 Å². The van der Waals surface area contributed by atoms with E-state index in [1.165, 1.54) is 0 Å². The minimum Gasteiger partial charge on any atom is -0.397 e. The minimum absolute atomic E-state index is 0.799. The van der Waals surface area contributed by atoms with Crippen LogP contribution >= 0.6 is 0 Å². The van der Waals surface area contributed by atoms with Crippen LogP contribution in [0.5, 0.6) is 0 Å². The van der Waals surface area contributed by atoms with Gasteiger partial charge in [-0.05, 0) is 0 Å². The van der Waals surface area contributed by atoms with E-state index in [1.54, 1.807) is 0 Å². The van der Waals surface area contributed by atoms with Gasteiger partial charge in [-0.15, -0.1) is 0 Å². The van der Waals surface area contributed by atoms with Crippen LogP contribution in [-0.2, 0) is 8.85 Å². The number of rotatable bonds is 4. The van der Waals surface area contributed by atoms with Gasteiger partial charge in [-0.25, -0.2) is 0 Å². The molecule has 0 unspecified atom stereocenters. The highest BCUT2D eigenvalue weighted by molar-refractivity contribution is 6.67. The predicted octanol–water partition coefficient (Wildman–Crippen LogP) is 2.85. The van der Waals surface area contributed by atoms with Crippen molar-refractivity contribution in [1.82, 2.24) is 0 Å². The topological polar surface area (TPSA) is 18.5 Å². The van der Waals surface area contributed by atoms with Crippen LogP contribution in [0.2, 0.25) is 12.1 Å². The van der Waals surface area contributed by atoms with Crippen LogP contribution in [0.1, 0.15) is 0 Å². The zero-order valence-corrected chi connectivity index (χ0v) is 9.00. The Morgan fingerprint density at radius 2 is 1.07 bits per heavy atom. The van der Waals surface area contributed by atoms with Crippen molar-refractivity contribution in [3.05, 3.63) is 0 Å². The molecular weight excluding hydrogens is 246 g/mol. The molecule has 9 heteroatoms. The van der Waals surface area contributed by atoms with E-state index in [0.29, 0.717) is 0 Å². The fourth-order valence-electron chi connectivity index (χ4n) is 1.05. The van der Waals surface area contributed by atoms with Crippen molar-refractivity contribution in [2.45, 2.75) is 24.4 Å². The van der Waals surface area contributed by atoms with E-state index in [2.05, 4.69) is 8.85 Å². The van der Waals surface area contributed by atoms with Gasteiger partial charge in [0.2, 0.25) is 0 Å². The lowest BCUT2D eigenvalue weighted by Gasteiger charge is -2.28. The first kappa shape index (κ1) is 14.7. The molecule has 0 aliphatic carbocycles. The lowest BCUT2D eigenvalue weighted by atomic mass is 10.8. The number of halogens is 6. The van der Waals surface area contributed by atoms with E-state index >= 15 is 0 Å². The molecule has 0 aromatic carbocycles. The van der Waals surface area contributed by atoms with Crippen molar-refractivity contribution >= 4 is 8.56 Å². The molecule has 0 rings (SSSR count). The molecule has 0 bridgehead atoms.